The zero-order valence-electron chi connectivity index (χ0n) is 11.7. The highest BCUT2D eigenvalue weighted by Gasteiger charge is 2.13. The first-order valence-electron chi connectivity index (χ1n) is 6.46. The maximum Gasteiger partial charge on any atom is 0.103 e. The number of anilines is 2. The number of aryl methyl sites for hydroxylation is 1. The molecule has 108 valence electrons. The summed E-state index contributed by atoms with van der Waals surface area (Å²) in [5.41, 5.74) is 2.89. The minimum Gasteiger partial charge on any atom is -0.352 e. The molecular weight excluding hydrogens is 323 g/mol. The molecule has 21 heavy (non-hydrogen) atoms. The summed E-state index contributed by atoms with van der Waals surface area (Å²) in [6.45, 7) is 3.97. The zero-order chi connectivity index (χ0) is 15.4. The predicted molar refractivity (Wildman–Crippen MR) is 92.0 cm³/mol. The molecule has 0 aliphatic heterocycles. The normalized spacial score (nSPS) is 10.2. The Morgan fingerprint density at radius 2 is 2.00 bits per heavy atom. The Balaban J connectivity index is 2.48. The first-order chi connectivity index (χ1) is 10.1. The van der Waals surface area contributed by atoms with Crippen LogP contribution in [0.1, 0.15) is 18.1 Å². The van der Waals surface area contributed by atoms with Crippen LogP contribution in [0.3, 0.4) is 0 Å². The van der Waals surface area contributed by atoms with Gasteiger partial charge >= 0.3 is 0 Å². The van der Waals surface area contributed by atoms with Crippen molar-refractivity contribution in [1.29, 1.82) is 5.26 Å². The van der Waals surface area contributed by atoms with Gasteiger partial charge < -0.3 is 5.32 Å². The van der Waals surface area contributed by atoms with Gasteiger partial charge in [0.05, 0.1) is 27.0 Å². The number of nitriles is 1. The predicted octanol–water partition coefficient (Wildman–Crippen LogP) is 6.03. The average Bonchev–Trinajstić information content (AvgIpc) is 2.48. The summed E-state index contributed by atoms with van der Waals surface area (Å²) in [6.07, 6.45) is 0. The van der Waals surface area contributed by atoms with Crippen molar-refractivity contribution in [2.24, 2.45) is 0 Å². The number of rotatable bonds is 4. The fraction of sp³-hybridized carbons (Fsp3) is 0.188. The van der Waals surface area contributed by atoms with Crippen LogP contribution < -0.4 is 5.32 Å². The van der Waals surface area contributed by atoms with Gasteiger partial charge in [-0.25, -0.2) is 0 Å². The highest BCUT2D eigenvalue weighted by Crippen LogP contribution is 2.37. The van der Waals surface area contributed by atoms with E-state index in [1.807, 2.05) is 31.2 Å². The van der Waals surface area contributed by atoms with E-state index in [0.717, 1.165) is 16.2 Å². The van der Waals surface area contributed by atoms with E-state index in [2.05, 4.69) is 18.3 Å². The molecule has 0 amide bonds. The molecule has 2 rings (SSSR count). The standard InChI is InChI=1S/C16H14Cl2N2S/c1-3-21-14-6-4-5-13(11(14)9-19)20-16-12(17)8-7-10(2)15(16)18/h4-8,20H,3H2,1-2H3. The van der Waals surface area contributed by atoms with E-state index in [4.69, 9.17) is 23.2 Å². The molecule has 0 bridgehead atoms. The largest absolute Gasteiger partial charge is 0.352 e. The van der Waals surface area contributed by atoms with Gasteiger partial charge in [0.15, 0.2) is 0 Å². The Hall–Kier alpha value is -1.34. The van der Waals surface area contributed by atoms with Gasteiger partial charge in [0.2, 0.25) is 0 Å². The molecule has 2 aromatic rings. The van der Waals surface area contributed by atoms with E-state index in [9.17, 15) is 5.26 Å². The van der Waals surface area contributed by atoms with Crippen LogP contribution in [0.2, 0.25) is 10.0 Å². The molecule has 0 aliphatic rings. The third kappa shape index (κ3) is 3.47. The van der Waals surface area contributed by atoms with Gasteiger partial charge in [-0.2, -0.15) is 5.26 Å². The summed E-state index contributed by atoms with van der Waals surface area (Å²) >= 11 is 14.2. The zero-order valence-corrected chi connectivity index (χ0v) is 14.0. The van der Waals surface area contributed by atoms with E-state index >= 15 is 0 Å². The van der Waals surface area contributed by atoms with Gasteiger partial charge in [0, 0.05) is 4.90 Å². The molecule has 0 heterocycles. The second-order valence-electron chi connectivity index (χ2n) is 4.40. The van der Waals surface area contributed by atoms with Crippen molar-refractivity contribution in [3.05, 3.63) is 51.5 Å². The molecule has 0 aliphatic carbocycles. The van der Waals surface area contributed by atoms with Crippen LogP contribution in [0.4, 0.5) is 11.4 Å². The Bertz CT molecular complexity index is 708. The first kappa shape index (κ1) is 16.0. The molecule has 0 saturated heterocycles. The quantitative estimate of drug-likeness (QED) is 0.692. The van der Waals surface area contributed by atoms with Crippen molar-refractivity contribution in [2.45, 2.75) is 18.7 Å². The molecule has 0 radical (unpaired) electrons. The van der Waals surface area contributed by atoms with Crippen LogP contribution in [0, 0.1) is 18.3 Å². The fourth-order valence-corrected chi connectivity index (χ4v) is 3.18. The Labute approximate surface area is 139 Å². The lowest BCUT2D eigenvalue weighted by Crippen LogP contribution is -1.97. The maximum atomic E-state index is 9.43. The lowest BCUT2D eigenvalue weighted by Gasteiger charge is -2.14. The third-order valence-corrected chi connectivity index (χ3v) is 4.72. The van der Waals surface area contributed by atoms with E-state index in [1.54, 1.807) is 17.8 Å². The van der Waals surface area contributed by atoms with Crippen molar-refractivity contribution < 1.29 is 0 Å². The molecule has 5 heteroatoms. The molecular formula is C16H14Cl2N2S. The molecule has 1 N–H and O–H groups in total. The molecule has 0 aromatic heterocycles. The van der Waals surface area contributed by atoms with Crippen LogP contribution in [0.5, 0.6) is 0 Å². The number of hydrogen-bond donors (Lipinski definition) is 1. The summed E-state index contributed by atoms with van der Waals surface area (Å²) < 4.78 is 0. The van der Waals surface area contributed by atoms with E-state index in [-0.39, 0.29) is 0 Å². The molecule has 2 aromatic carbocycles. The molecule has 2 nitrogen and oxygen atoms in total. The minimum atomic E-state index is 0.531. The van der Waals surface area contributed by atoms with Crippen LogP contribution in [0.15, 0.2) is 35.2 Å². The fourth-order valence-electron chi connectivity index (χ4n) is 1.93. The monoisotopic (exact) mass is 336 g/mol. The number of nitrogens with one attached hydrogen (secondary N) is 1. The summed E-state index contributed by atoms with van der Waals surface area (Å²) in [5.74, 6) is 0.907. The summed E-state index contributed by atoms with van der Waals surface area (Å²) in [6, 6.07) is 11.6. The number of halogens is 2. The first-order valence-corrected chi connectivity index (χ1v) is 8.20. The second-order valence-corrected chi connectivity index (χ2v) is 6.49. The SMILES string of the molecule is CCSc1cccc(Nc2c(Cl)ccc(C)c2Cl)c1C#N. The third-order valence-electron chi connectivity index (χ3n) is 2.98. The van der Waals surface area contributed by atoms with E-state index in [1.165, 1.54) is 0 Å². The highest BCUT2D eigenvalue weighted by molar-refractivity contribution is 7.99. The Morgan fingerprint density at radius 1 is 1.24 bits per heavy atom. The van der Waals surface area contributed by atoms with Crippen LogP contribution in [-0.2, 0) is 0 Å². The molecule has 0 saturated carbocycles. The lowest BCUT2D eigenvalue weighted by molar-refractivity contribution is 1.34. The lowest BCUT2D eigenvalue weighted by atomic mass is 10.1. The maximum absolute atomic E-state index is 9.43. The topological polar surface area (TPSA) is 35.8 Å². The van der Waals surface area contributed by atoms with Crippen molar-refractivity contribution in [1.82, 2.24) is 0 Å². The average molecular weight is 337 g/mol. The summed E-state index contributed by atoms with van der Waals surface area (Å²) in [4.78, 5) is 0.949. The van der Waals surface area contributed by atoms with Crippen molar-refractivity contribution in [3.8, 4) is 6.07 Å². The van der Waals surface area contributed by atoms with Crippen LogP contribution in [-0.4, -0.2) is 5.75 Å². The smallest absolute Gasteiger partial charge is 0.103 e. The van der Waals surface area contributed by atoms with Crippen molar-refractivity contribution in [2.75, 3.05) is 11.1 Å². The number of hydrogen-bond acceptors (Lipinski definition) is 3. The van der Waals surface area contributed by atoms with Gasteiger partial charge in [-0.1, -0.05) is 42.3 Å². The van der Waals surface area contributed by atoms with Crippen LogP contribution >= 0.6 is 35.0 Å². The molecule has 0 unspecified atom stereocenters. The molecule has 0 fully saturated rings. The van der Waals surface area contributed by atoms with Crippen LogP contribution in [0.25, 0.3) is 0 Å². The number of nitrogens with zero attached hydrogens (tertiary/aromatic N) is 1. The summed E-state index contributed by atoms with van der Waals surface area (Å²) in [7, 11) is 0. The Kier molecular flexibility index (Phi) is 5.41. The van der Waals surface area contributed by atoms with Gasteiger partial charge in [-0.05, 0) is 36.4 Å². The van der Waals surface area contributed by atoms with Gasteiger partial charge in [0.1, 0.15) is 6.07 Å². The van der Waals surface area contributed by atoms with E-state index in [0.29, 0.717) is 27.0 Å². The van der Waals surface area contributed by atoms with Gasteiger partial charge in [-0.15, -0.1) is 11.8 Å². The summed E-state index contributed by atoms with van der Waals surface area (Å²) in [5, 5.41) is 13.7. The van der Waals surface area contributed by atoms with E-state index < -0.39 is 0 Å². The number of benzene rings is 2. The van der Waals surface area contributed by atoms with Gasteiger partial charge in [-0.3, -0.25) is 0 Å². The highest BCUT2D eigenvalue weighted by atomic mass is 35.5. The van der Waals surface area contributed by atoms with Crippen molar-refractivity contribution in [3.63, 3.8) is 0 Å². The van der Waals surface area contributed by atoms with Crippen molar-refractivity contribution >= 4 is 46.3 Å². The number of thioether (sulfide) groups is 1. The minimum absolute atomic E-state index is 0.531. The molecule has 0 spiro atoms. The van der Waals surface area contributed by atoms with Gasteiger partial charge in [0.25, 0.3) is 0 Å². The molecule has 0 atom stereocenters. The second kappa shape index (κ2) is 7.09. The Morgan fingerprint density at radius 3 is 2.67 bits per heavy atom.